The summed E-state index contributed by atoms with van der Waals surface area (Å²) >= 11 is 0. The Hall–Kier alpha value is -2.82. The second-order valence-electron chi connectivity index (χ2n) is 6.83. The molecule has 0 fully saturated rings. The standard InChI is InChI=1S/C24H22F4O/c1-3-5-17-10-13-20(24(28)22(17)26)16-8-11-19(12-9-16)29-14-18-7-6-15(4-2)21(25)23(18)27/h6-13H,3-5,14H2,1-2H3. The van der Waals surface area contributed by atoms with Gasteiger partial charge in [-0.3, -0.25) is 0 Å². The average Bonchev–Trinajstić information content (AvgIpc) is 2.73. The van der Waals surface area contributed by atoms with Gasteiger partial charge in [-0.15, -0.1) is 0 Å². The van der Waals surface area contributed by atoms with E-state index in [1.54, 1.807) is 49.4 Å². The van der Waals surface area contributed by atoms with Crippen LogP contribution in [0.3, 0.4) is 0 Å². The van der Waals surface area contributed by atoms with E-state index in [0.29, 0.717) is 35.3 Å². The summed E-state index contributed by atoms with van der Waals surface area (Å²) in [5, 5.41) is 0. The van der Waals surface area contributed by atoms with Crippen molar-refractivity contribution >= 4 is 0 Å². The molecular weight excluding hydrogens is 380 g/mol. The van der Waals surface area contributed by atoms with Crippen molar-refractivity contribution in [2.75, 3.05) is 0 Å². The van der Waals surface area contributed by atoms with Gasteiger partial charge in [-0.05, 0) is 41.7 Å². The van der Waals surface area contributed by atoms with Crippen molar-refractivity contribution in [3.8, 4) is 16.9 Å². The maximum Gasteiger partial charge on any atom is 0.166 e. The van der Waals surface area contributed by atoms with E-state index in [0.717, 1.165) is 6.42 Å². The molecule has 0 saturated heterocycles. The Labute approximate surface area is 168 Å². The predicted octanol–water partition coefficient (Wildman–Crippen LogP) is 7.00. The molecule has 0 aliphatic carbocycles. The minimum absolute atomic E-state index is 0.114. The van der Waals surface area contributed by atoms with Gasteiger partial charge in [0, 0.05) is 11.1 Å². The highest BCUT2D eigenvalue weighted by atomic mass is 19.2. The van der Waals surface area contributed by atoms with Crippen LogP contribution in [0.5, 0.6) is 5.75 Å². The Morgan fingerprint density at radius 3 is 1.90 bits per heavy atom. The third-order valence-electron chi connectivity index (χ3n) is 4.86. The summed E-state index contributed by atoms with van der Waals surface area (Å²) in [6.45, 7) is 3.52. The maximum absolute atomic E-state index is 14.4. The molecule has 0 spiro atoms. The van der Waals surface area contributed by atoms with Gasteiger partial charge in [-0.2, -0.15) is 0 Å². The molecule has 0 saturated carbocycles. The quantitative estimate of drug-likeness (QED) is 0.387. The number of rotatable bonds is 7. The Kier molecular flexibility index (Phi) is 6.57. The predicted molar refractivity (Wildman–Crippen MR) is 106 cm³/mol. The van der Waals surface area contributed by atoms with Crippen molar-refractivity contribution in [2.24, 2.45) is 0 Å². The van der Waals surface area contributed by atoms with Crippen LogP contribution in [0.2, 0.25) is 0 Å². The number of aryl methyl sites for hydroxylation is 2. The van der Waals surface area contributed by atoms with Crippen LogP contribution in [0.1, 0.15) is 37.0 Å². The van der Waals surface area contributed by atoms with E-state index in [2.05, 4.69) is 0 Å². The SMILES string of the molecule is CCCc1ccc(-c2ccc(OCc3ccc(CC)c(F)c3F)cc2)c(F)c1F. The normalized spacial score (nSPS) is 11.0. The number of ether oxygens (including phenoxy) is 1. The summed E-state index contributed by atoms with van der Waals surface area (Å²) in [6.07, 6.45) is 1.61. The zero-order valence-electron chi connectivity index (χ0n) is 16.4. The van der Waals surface area contributed by atoms with E-state index in [1.165, 1.54) is 6.07 Å². The van der Waals surface area contributed by atoms with Crippen LogP contribution in [0.25, 0.3) is 11.1 Å². The van der Waals surface area contributed by atoms with Crippen LogP contribution in [0, 0.1) is 23.3 Å². The van der Waals surface area contributed by atoms with E-state index >= 15 is 0 Å². The van der Waals surface area contributed by atoms with Crippen LogP contribution < -0.4 is 4.74 Å². The van der Waals surface area contributed by atoms with Crippen LogP contribution in [-0.4, -0.2) is 0 Å². The molecule has 0 unspecified atom stereocenters. The van der Waals surface area contributed by atoms with Gasteiger partial charge in [-0.25, -0.2) is 17.6 Å². The second kappa shape index (κ2) is 9.12. The molecule has 0 aliphatic rings. The third-order valence-corrected chi connectivity index (χ3v) is 4.86. The second-order valence-corrected chi connectivity index (χ2v) is 6.83. The molecular formula is C24H22F4O. The van der Waals surface area contributed by atoms with E-state index in [4.69, 9.17) is 4.74 Å². The molecule has 0 aromatic heterocycles. The summed E-state index contributed by atoms with van der Waals surface area (Å²) < 4.78 is 62.1. The van der Waals surface area contributed by atoms with Gasteiger partial charge in [0.05, 0.1) is 0 Å². The molecule has 0 bridgehead atoms. The van der Waals surface area contributed by atoms with Gasteiger partial charge >= 0.3 is 0 Å². The summed E-state index contributed by atoms with van der Waals surface area (Å²) in [7, 11) is 0. The number of hydrogen-bond donors (Lipinski definition) is 0. The summed E-state index contributed by atoms with van der Waals surface area (Å²) in [5.41, 5.74) is 1.45. The first-order valence-electron chi connectivity index (χ1n) is 9.62. The molecule has 152 valence electrons. The number of hydrogen-bond acceptors (Lipinski definition) is 1. The third kappa shape index (κ3) is 4.44. The maximum atomic E-state index is 14.4. The molecule has 29 heavy (non-hydrogen) atoms. The van der Waals surface area contributed by atoms with Crippen molar-refractivity contribution in [1.82, 2.24) is 0 Å². The molecule has 5 heteroatoms. The Bertz CT molecular complexity index is 997. The molecule has 3 aromatic rings. The fourth-order valence-corrected chi connectivity index (χ4v) is 3.18. The summed E-state index contributed by atoms with van der Waals surface area (Å²) in [5.74, 6) is -3.05. The van der Waals surface area contributed by atoms with Crippen molar-refractivity contribution in [3.05, 3.63) is 88.5 Å². The highest BCUT2D eigenvalue weighted by Crippen LogP contribution is 2.29. The minimum Gasteiger partial charge on any atom is -0.489 e. The topological polar surface area (TPSA) is 9.23 Å². The zero-order chi connectivity index (χ0) is 21.0. The van der Waals surface area contributed by atoms with E-state index in [1.807, 2.05) is 6.92 Å². The fraction of sp³-hybridized carbons (Fsp3) is 0.250. The van der Waals surface area contributed by atoms with Gasteiger partial charge in [0.1, 0.15) is 12.4 Å². The van der Waals surface area contributed by atoms with E-state index < -0.39 is 23.3 Å². The lowest BCUT2D eigenvalue weighted by molar-refractivity contribution is 0.297. The van der Waals surface area contributed by atoms with Crippen LogP contribution in [-0.2, 0) is 19.4 Å². The molecule has 0 N–H and O–H groups in total. The minimum atomic E-state index is -0.911. The van der Waals surface area contributed by atoms with Crippen molar-refractivity contribution < 1.29 is 22.3 Å². The van der Waals surface area contributed by atoms with Gasteiger partial charge in [0.2, 0.25) is 0 Å². The van der Waals surface area contributed by atoms with Gasteiger partial charge in [0.25, 0.3) is 0 Å². The highest BCUT2D eigenvalue weighted by molar-refractivity contribution is 5.65. The van der Waals surface area contributed by atoms with Gasteiger partial charge in [0.15, 0.2) is 23.3 Å². The smallest absolute Gasteiger partial charge is 0.166 e. The number of benzene rings is 3. The lowest BCUT2D eigenvalue weighted by atomic mass is 10.0. The van der Waals surface area contributed by atoms with Gasteiger partial charge in [-0.1, -0.05) is 56.7 Å². The lowest BCUT2D eigenvalue weighted by Crippen LogP contribution is -2.03. The van der Waals surface area contributed by atoms with Crippen molar-refractivity contribution in [1.29, 1.82) is 0 Å². The average molecular weight is 402 g/mol. The first-order valence-corrected chi connectivity index (χ1v) is 9.62. The molecule has 0 radical (unpaired) electrons. The molecule has 0 heterocycles. The van der Waals surface area contributed by atoms with E-state index in [9.17, 15) is 17.6 Å². The molecule has 0 aliphatic heterocycles. The van der Waals surface area contributed by atoms with Gasteiger partial charge < -0.3 is 4.74 Å². The first-order chi connectivity index (χ1) is 14.0. The Morgan fingerprint density at radius 2 is 1.24 bits per heavy atom. The molecule has 3 aromatic carbocycles. The van der Waals surface area contributed by atoms with Crippen LogP contribution in [0.15, 0.2) is 48.5 Å². The summed E-state index contributed by atoms with van der Waals surface area (Å²) in [4.78, 5) is 0. The van der Waals surface area contributed by atoms with Crippen molar-refractivity contribution in [2.45, 2.75) is 39.7 Å². The Morgan fingerprint density at radius 1 is 0.655 bits per heavy atom. The number of halogens is 4. The molecule has 1 nitrogen and oxygen atoms in total. The highest BCUT2D eigenvalue weighted by Gasteiger charge is 2.15. The zero-order valence-corrected chi connectivity index (χ0v) is 16.4. The molecule has 3 rings (SSSR count). The van der Waals surface area contributed by atoms with Crippen LogP contribution in [0.4, 0.5) is 17.6 Å². The van der Waals surface area contributed by atoms with E-state index in [-0.39, 0.29) is 17.7 Å². The first kappa shape index (κ1) is 20.9. The monoisotopic (exact) mass is 402 g/mol. The molecule has 0 atom stereocenters. The Balaban J connectivity index is 1.75. The largest absolute Gasteiger partial charge is 0.489 e. The molecule has 0 amide bonds. The van der Waals surface area contributed by atoms with Crippen LogP contribution >= 0.6 is 0 Å². The summed E-state index contributed by atoms with van der Waals surface area (Å²) in [6, 6.07) is 12.6. The fourth-order valence-electron chi connectivity index (χ4n) is 3.18. The van der Waals surface area contributed by atoms with Crippen molar-refractivity contribution in [3.63, 3.8) is 0 Å². The lowest BCUT2D eigenvalue weighted by Gasteiger charge is -2.11.